The monoisotopic (exact) mass is 510 g/mol. The molecule has 2 amide bonds. The van der Waals surface area contributed by atoms with E-state index in [-0.39, 0.29) is 22.8 Å². The van der Waals surface area contributed by atoms with Crippen molar-refractivity contribution in [3.8, 4) is 0 Å². The maximum atomic E-state index is 12.8. The quantitative estimate of drug-likeness (QED) is 0.241. The third kappa shape index (κ3) is 7.50. The fourth-order valence-electron chi connectivity index (χ4n) is 3.58. The molecule has 0 atom stereocenters. The van der Waals surface area contributed by atoms with Crippen LogP contribution in [0.4, 0.5) is 5.69 Å². The van der Waals surface area contributed by atoms with Crippen LogP contribution in [-0.4, -0.2) is 38.7 Å². The van der Waals surface area contributed by atoms with Gasteiger partial charge >= 0.3 is 5.97 Å². The molecule has 0 saturated carbocycles. The van der Waals surface area contributed by atoms with Crippen LogP contribution in [-0.2, 0) is 15.0 Å². The minimum absolute atomic E-state index is 0.0672. The van der Waals surface area contributed by atoms with Crippen molar-refractivity contribution in [3.05, 3.63) is 70.1 Å². The van der Waals surface area contributed by atoms with Gasteiger partial charge in [-0.05, 0) is 59.7 Å². The lowest BCUT2D eigenvalue weighted by Gasteiger charge is -2.18. The number of anilines is 1. The number of carboxylic acid groups (broad SMARTS) is 1. The van der Waals surface area contributed by atoms with Gasteiger partial charge in [0.05, 0.1) is 10.5 Å². The van der Waals surface area contributed by atoms with E-state index in [1.165, 1.54) is 29.5 Å². The van der Waals surface area contributed by atoms with Crippen molar-refractivity contribution in [3.63, 3.8) is 0 Å². The first kappa shape index (κ1) is 26.6. The summed E-state index contributed by atoms with van der Waals surface area (Å²) in [5.74, 6) is -1.20. The Morgan fingerprint density at radius 2 is 1.69 bits per heavy atom. The van der Waals surface area contributed by atoms with Crippen LogP contribution >= 0.6 is 24.0 Å². The van der Waals surface area contributed by atoms with Crippen LogP contribution in [0.1, 0.15) is 67.9 Å². The predicted molar refractivity (Wildman–Crippen MR) is 146 cm³/mol. The summed E-state index contributed by atoms with van der Waals surface area (Å²) < 4.78 is 0.565. The van der Waals surface area contributed by atoms with E-state index in [0.717, 1.165) is 18.4 Å². The van der Waals surface area contributed by atoms with Crippen LogP contribution in [0.3, 0.4) is 0 Å². The predicted octanol–water partition coefficient (Wildman–Crippen LogP) is 6.08. The van der Waals surface area contributed by atoms with Gasteiger partial charge in [0.25, 0.3) is 5.91 Å². The Hall–Kier alpha value is -2.97. The highest BCUT2D eigenvalue weighted by Gasteiger charge is 2.31. The van der Waals surface area contributed by atoms with E-state index in [4.69, 9.17) is 17.3 Å². The van der Waals surface area contributed by atoms with Crippen LogP contribution in [0.25, 0.3) is 6.08 Å². The topological polar surface area (TPSA) is 86.7 Å². The number of hydrogen-bond acceptors (Lipinski definition) is 5. The van der Waals surface area contributed by atoms with E-state index in [0.29, 0.717) is 34.3 Å². The Morgan fingerprint density at radius 1 is 1.03 bits per heavy atom. The molecule has 2 aromatic rings. The molecule has 2 aromatic carbocycles. The van der Waals surface area contributed by atoms with E-state index in [1.54, 1.807) is 17.0 Å². The third-order valence-electron chi connectivity index (χ3n) is 5.65. The molecule has 184 valence electrons. The van der Waals surface area contributed by atoms with Gasteiger partial charge in [0.2, 0.25) is 5.91 Å². The van der Waals surface area contributed by atoms with Crippen molar-refractivity contribution < 1.29 is 19.5 Å². The third-order valence-corrected chi connectivity index (χ3v) is 7.03. The van der Waals surface area contributed by atoms with Crippen molar-refractivity contribution in [1.29, 1.82) is 0 Å². The van der Waals surface area contributed by atoms with Gasteiger partial charge in [-0.3, -0.25) is 14.5 Å². The summed E-state index contributed by atoms with van der Waals surface area (Å²) in [6.07, 6.45) is 4.46. The first-order chi connectivity index (χ1) is 16.5. The molecule has 0 unspecified atom stereocenters. The number of carbonyl (C=O) groups excluding carboxylic acids is 2. The molecule has 1 saturated heterocycles. The molecule has 1 fully saturated rings. The number of unbranched alkanes of at least 4 members (excludes halogenated alkanes) is 2. The molecule has 35 heavy (non-hydrogen) atoms. The molecule has 0 aromatic heterocycles. The number of nitrogens with zero attached hydrogens (tertiary/aromatic N) is 1. The van der Waals surface area contributed by atoms with E-state index in [2.05, 4.69) is 38.2 Å². The van der Waals surface area contributed by atoms with E-state index in [1.807, 2.05) is 18.2 Å². The van der Waals surface area contributed by atoms with Crippen LogP contribution in [0.15, 0.2) is 53.4 Å². The Bertz CT molecular complexity index is 1130. The average Bonchev–Trinajstić information content (AvgIpc) is 3.06. The molecule has 6 nitrogen and oxygen atoms in total. The highest BCUT2D eigenvalue weighted by molar-refractivity contribution is 8.26. The Labute approximate surface area is 215 Å². The number of benzene rings is 2. The maximum absolute atomic E-state index is 12.8. The molecule has 3 rings (SSSR count). The highest BCUT2D eigenvalue weighted by atomic mass is 32.2. The minimum Gasteiger partial charge on any atom is -0.478 e. The number of amides is 2. The lowest BCUT2D eigenvalue weighted by atomic mass is 9.87. The van der Waals surface area contributed by atoms with Crippen molar-refractivity contribution >= 4 is 57.8 Å². The van der Waals surface area contributed by atoms with Gasteiger partial charge in [-0.15, -0.1) is 0 Å². The van der Waals surface area contributed by atoms with Gasteiger partial charge < -0.3 is 10.4 Å². The summed E-state index contributed by atoms with van der Waals surface area (Å²) in [6.45, 7) is 7.03. The number of hydrogen-bond donors (Lipinski definition) is 2. The van der Waals surface area contributed by atoms with E-state index in [9.17, 15) is 14.4 Å². The first-order valence-corrected chi connectivity index (χ1v) is 12.8. The van der Waals surface area contributed by atoms with Crippen molar-refractivity contribution in [1.82, 2.24) is 4.90 Å². The molecular formula is C27H30N2O4S2. The van der Waals surface area contributed by atoms with Gasteiger partial charge in [-0.2, -0.15) is 0 Å². The smallest absolute Gasteiger partial charge is 0.335 e. The Morgan fingerprint density at radius 3 is 2.29 bits per heavy atom. The average molecular weight is 511 g/mol. The SMILES string of the molecule is CC(C)(C)c1ccc(/C=C2\SC(=S)N(CCCCCC(=O)Nc3ccc(C(=O)O)cc3)C2=O)cc1. The number of thioether (sulfide) groups is 1. The summed E-state index contributed by atoms with van der Waals surface area (Å²) in [5, 5.41) is 11.7. The second kappa shape index (κ2) is 11.6. The van der Waals surface area contributed by atoms with Gasteiger partial charge in [0.15, 0.2) is 0 Å². The largest absolute Gasteiger partial charge is 0.478 e. The summed E-state index contributed by atoms with van der Waals surface area (Å²) in [4.78, 5) is 38.1. The summed E-state index contributed by atoms with van der Waals surface area (Å²) in [7, 11) is 0. The van der Waals surface area contributed by atoms with Crippen LogP contribution in [0, 0.1) is 0 Å². The molecule has 1 aliphatic rings. The van der Waals surface area contributed by atoms with Gasteiger partial charge in [0.1, 0.15) is 4.32 Å². The highest BCUT2D eigenvalue weighted by Crippen LogP contribution is 2.33. The molecule has 0 bridgehead atoms. The van der Waals surface area contributed by atoms with Gasteiger partial charge in [0, 0.05) is 18.7 Å². The molecular weight excluding hydrogens is 480 g/mol. The molecule has 0 radical (unpaired) electrons. The first-order valence-electron chi connectivity index (χ1n) is 11.5. The van der Waals surface area contributed by atoms with Crippen LogP contribution in [0.5, 0.6) is 0 Å². The van der Waals surface area contributed by atoms with Crippen LogP contribution < -0.4 is 5.32 Å². The summed E-state index contributed by atoms with van der Waals surface area (Å²) >= 11 is 6.75. The molecule has 0 aliphatic carbocycles. The van der Waals surface area contributed by atoms with Crippen molar-refractivity contribution in [2.45, 2.75) is 51.9 Å². The molecule has 1 heterocycles. The van der Waals surface area contributed by atoms with E-state index < -0.39 is 5.97 Å². The summed E-state index contributed by atoms with van der Waals surface area (Å²) in [6, 6.07) is 14.3. The lowest BCUT2D eigenvalue weighted by Crippen LogP contribution is -2.29. The van der Waals surface area contributed by atoms with Gasteiger partial charge in [-0.1, -0.05) is 75.4 Å². The second-order valence-electron chi connectivity index (χ2n) is 9.45. The zero-order chi connectivity index (χ0) is 25.6. The number of rotatable bonds is 9. The van der Waals surface area contributed by atoms with Crippen molar-refractivity contribution in [2.75, 3.05) is 11.9 Å². The number of nitrogens with one attached hydrogen (secondary N) is 1. The zero-order valence-electron chi connectivity index (χ0n) is 20.2. The fourth-order valence-corrected chi connectivity index (χ4v) is 4.88. The maximum Gasteiger partial charge on any atom is 0.335 e. The fraction of sp³-hybridized carbons (Fsp3) is 0.333. The Balaban J connectivity index is 1.42. The normalized spacial score (nSPS) is 15.1. The molecule has 8 heteroatoms. The van der Waals surface area contributed by atoms with Crippen molar-refractivity contribution in [2.24, 2.45) is 0 Å². The second-order valence-corrected chi connectivity index (χ2v) is 11.1. The lowest BCUT2D eigenvalue weighted by molar-refractivity contribution is -0.122. The number of carbonyl (C=O) groups is 3. The van der Waals surface area contributed by atoms with E-state index >= 15 is 0 Å². The molecule has 0 spiro atoms. The number of aromatic carboxylic acids is 1. The number of carboxylic acids is 1. The standard InChI is InChI=1S/C27H30N2O4S2/c1-27(2,3)20-12-8-18(9-13-20)17-22-24(31)29(26(34)35-22)16-6-4-5-7-23(30)28-21-14-10-19(11-15-21)25(32)33/h8-15,17H,4-7,16H2,1-3H3,(H,28,30)(H,32,33)/b22-17-. The molecule has 1 aliphatic heterocycles. The zero-order valence-corrected chi connectivity index (χ0v) is 21.8. The summed E-state index contributed by atoms with van der Waals surface area (Å²) in [5.41, 5.74) is 3.04. The minimum atomic E-state index is -1.00. The van der Waals surface area contributed by atoms with Gasteiger partial charge in [-0.25, -0.2) is 4.79 Å². The van der Waals surface area contributed by atoms with Crippen LogP contribution in [0.2, 0.25) is 0 Å². The Kier molecular flexibility index (Phi) is 8.86. The molecule has 2 N–H and O–H groups in total. The number of thiocarbonyl (C=S) groups is 1.